The van der Waals surface area contributed by atoms with E-state index in [2.05, 4.69) is 0 Å². The van der Waals surface area contributed by atoms with Crippen molar-refractivity contribution in [1.29, 1.82) is 0 Å². The fraction of sp³-hybridized carbons (Fsp3) is 0.238. The van der Waals surface area contributed by atoms with E-state index in [9.17, 15) is 9.59 Å². The minimum atomic E-state index is -0.395. The molecule has 1 aromatic heterocycles. The first-order chi connectivity index (χ1) is 12.7. The highest BCUT2D eigenvalue weighted by Gasteiger charge is 2.24. The first kappa shape index (κ1) is 16.4. The van der Waals surface area contributed by atoms with Gasteiger partial charge in [0, 0.05) is 24.0 Å². The molecule has 132 valence electrons. The van der Waals surface area contributed by atoms with Gasteiger partial charge < -0.3 is 14.1 Å². The lowest BCUT2D eigenvalue weighted by molar-refractivity contribution is -0.118. The zero-order valence-electron chi connectivity index (χ0n) is 14.5. The summed E-state index contributed by atoms with van der Waals surface area (Å²) in [5.74, 6) is 0.318. The summed E-state index contributed by atoms with van der Waals surface area (Å²) in [5, 5.41) is 0.983. The Labute approximate surface area is 151 Å². The van der Waals surface area contributed by atoms with Gasteiger partial charge in [-0.3, -0.25) is 4.79 Å². The molecule has 0 saturated carbocycles. The second-order valence-corrected chi connectivity index (χ2v) is 6.32. The summed E-state index contributed by atoms with van der Waals surface area (Å²) in [5.41, 5.74) is 3.16. The Morgan fingerprint density at radius 1 is 1.15 bits per heavy atom. The number of ether oxygens (including phenoxy) is 1. The molecule has 2 aromatic carbocycles. The normalized spacial score (nSPS) is 13.0. The summed E-state index contributed by atoms with van der Waals surface area (Å²) in [6.45, 7) is 2.61. The first-order valence-corrected chi connectivity index (χ1v) is 8.73. The number of carbonyl (C=O) groups excluding carboxylic acids is 2. The van der Waals surface area contributed by atoms with Crippen LogP contribution in [0.4, 0.5) is 5.69 Å². The molecular formula is C21H19NO4. The van der Waals surface area contributed by atoms with Crippen LogP contribution < -0.4 is 4.90 Å². The van der Waals surface area contributed by atoms with Gasteiger partial charge in [0.25, 0.3) is 0 Å². The number of carbonyl (C=O) groups is 2. The Bertz CT molecular complexity index is 956. The van der Waals surface area contributed by atoms with Crippen molar-refractivity contribution in [2.24, 2.45) is 0 Å². The number of hydrogen-bond acceptors (Lipinski definition) is 4. The molecule has 0 N–H and O–H groups in total. The maximum atomic E-state index is 12.4. The van der Waals surface area contributed by atoms with Crippen LogP contribution in [0.25, 0.3) is 11.0 Å². The SMILES string of the molecule is CCC(=O)N1CCc2cc(C(=O)OCc3cc4ccccc4o3)ccc21. The Morgan fingerprint density at radius 2 is 2.00 bits per heavy atom. The minimum Gasteiger partial charge on any atom is -0.457 e. The summed E-state index contributed by atoms with van der Waals surface area (Å²) >= 11 is 0. The van der Waals surface area contributed by atoms with Gasteiger partial charge in [0.2, 0.25) is 5.91 Å². The number of esters is 1. The molecule has 26 heavy (non-hydrogen) atoms. The molecule has 5 heteroatoms. The van der Waals surface area contributed by atoms with Gasteiger partial charge in [-0.1, -0.05) is 25.1 Å². The molecule has 0 unspecified atom stereocenters. The third-order valence-corrected chi connectivity index (χ3v) is 4.64. The van der Waals surface area contributed by atoms with E-state index in [1.54, 1.807) is 11.0 Å². The van der Waals surface area contributed by atoms with E-state index in [1.165, 1.54) is 0 Å². The Hall–Kier alpha value is -3.08. The van der Waals surface area contributed by atoms with Crippen LogP contribution in [-0.4, -0.2) is 18.4 Å². The highest BCUT2D eigenvalue weighted by Crippen LogP contribution is 2.29. The van der Waals surface area contributed by atoms with Crippen molar-refractivity contribution < 1.29 is 18.7 Å². The molecule has 0 bridgehead atoms. The van der Waals surface area contributed by atoms with Gasteiger partial charge in [0.15, 0.2) is 0 Å². The van der Waals surface area contributed by atoms with Gasteiger partial charge in [-0.15, -0.1) is 0 Å². The van der Waals surface area contributed by atoms with Crippen molar-refractivity contribution >= 4 is 28.5 Å². The molecule has 4 rings (SSSR count). The predicted octanol–water partition coefficient (Wildman–Crippen LogP) is 4.09. The van der Waals surface area contributed by atoms with E-state index < -0.39 is 5.97 Å². The monoisotopic (exact) mass is 349 g/mol. The lowest BCUT2D eigenvalue weighted by atomic mass is 10.1. The van der Waals surface area contributed by atoms with Crippen molar-refractivity contribution in [3.05, 3.63) is 65.4 Å². The van der Waals surface area contributed by atoms with Gasteiger partial charge in [-0.05, 0) is 42.3 Å². The van der Waals surface area contributed by atoms with Crippen LogP contribution in [-0.2, 0) is 22.6 Å². The van der Waals surface area contributed by atoms with Gasteiger partial charge in [0.1, 0.15) is 18.0 Å². The van der Waals surface area contributed by atoms with Gasteiger partial charge in [-0.2, -0.15) is 0 Å². The van der Waals surface area contributed by atoms with Crippen molar-refractivity contribution in [3.63, 3.8) is 0 Å². The molecule has 0 radical (unpaired) electrons. The van der Waals surface area contributed by atoms with Crippen LogP contribution >= 0.6 is 0 Å². The molecule has 0 saturated heterocycles. The van der Waals surface area contributed by atoms with E-state index in [0.29, 0.717) is 24.3 Å². The van der Waals surface area contributed by atoms with Crippen LogP contribution in [0.2, 0.25) is 0 Å². The molecule has 2 heterocycles. The molecule has 1 aliphatic rings. The fourth-order valence-electron chi connectivity index (χ4n) is 3.31. The second-order valence-electron chi connectivity index (χ2n) is 6.32. The topological polar surface area (TPSA) is 59.8 Å². The van der Waals surface area contributed by atoms with Gasteiger partial charge in [0.05, 0.1) is 5.56 Å². The molecule has 5 nitrogen and oxygen atoms in total. The summed E-state index contributed by atoms with van der Waals surface area (Å²) in [7, 11) is 0. The Balaban J connectivity index is 1.46. The van der Waals surface area contributed by atoms with Crippen LogP contribution in [0.15, 0.2) is 52.9 Å². The van der Waals surface area contributed by atoms with Crippen molar-refractivity contribution in [2.75, 3.05) is 11.4 Å². The molecule has 0 fully saturated rings. The van der Waals surface area contributed by atoms with Crippen molar-refractivity contribution in [2.45, 2.75) is 26.4 Å². The van der Waals surface area contributed by atoms with Crippen LogP contribution in [0.5, 0.6) is 0 Å². The summed E-state index contributed by atoms with van der Waals surface area (Å²) < 4.78 is 11.0. The van der Waals surface area contributed by atoms with Crippen LogP contribution in [0.1, 0.15) is 35.0 Å². The number of rotatable bonds is 4. The van der Waals surface area contributed by atoms with E-state index in [0.717, 1.165) is 28.6 Å². The van der Waals surface area contributed by atoms with Crippen molar-refractivity contribution in [3.8, 4) is 0 Å². The maximum absolute atomic E-state index is 12.4. The minimum absolute atomic E-state index is 0.0883. The lowest BCUT2D eigenvalue weighted by Crippen LogP contribution is -2.27. The number of furan rings is 1. The molecule has 0 spiro atoms. The van der Waals surface area contributed by atoms with Crippen LogP contribution in [0, 0.1) is 0 Å². The van der Waals surface area contributed by atoms with Gasteiger partial charge >= 0.3 is 5.97 Å². The zero-order valence-corrected chi connectivity index (χ0v) is 14.5. The van der Waals surface area contributed by atoms with E-state index >= 15 is 0 Å². The molecule has 3 aromatic rings. The standard InChI is InChI=1S/C21H19NO4/c1-2-20(23)22-10-9-14-11-16(7-8-18(14)22)21(24)25-13-17-12-15-5-3-4-6-19(15)26-17/h3-8,11-12H,2,9-10,13H2,1H3. The highest BCUT2D eigenvalue weighted by atomic mass is 16.5. The van der Waals surface area contributed by atoms with E-state index in [1.807, 2.05) is 49.4 Å². The average molecular weight is 349 g/mol. The first-order valence-electron chi connectivity index (χ1n) is 8.73. The number of amides is 1. The third kappa shape index (κ3) is 2.96. The molecule has 0 atom stereocenters. The van der Waals surface area contributed by atoms with Crippen molar-refractivity contribution in [1.82, 2.24) is 0 Å². The highest BCUT2D eigenvalue weighted by molar-refractivity contribution is 5.97. The molecular weight excluding hydrogens is 330 g/mol. The van der Waals surface area contributed by atoms with Gasteiger partial charge in [-0.25, -0.2) is 4.79 Å². The predicted molar refractivity (Wildman–Crippen MR) is 98.1 cm³/mol. The summed E-state index contributed by atoms with van der Waals surface area (Å²) in [6.07, 6.45) is 1.23. The number of hydrogen-bond donors (Lipinski definition) is 0. The van der Waals surface area contributed by atoms with Crippen LogP contribution in [0.3, 0.4) is 0 Å². The molecule has 0 aliphatic carbocycles. The largest absolute Gasteiger partial charge is 0.457 e. The Kier molecular flexibility index (Phi) is 4.21. The second kappa shape index (κ2) is 6.67. The van der Waals surface area contributed by atoms with E-state index in [-0.39, 0.29) is 12.5 Å². The molecule has 1 aliphatic heterocycles. The Morgan fingerprint density at radius 3 is 2.81 bits per heavy atom. The summed E-state index contributed by atoms with van der Waals surface area (Å²) in [4.78, 5) is 26.1. The number of para-hydroxylation sites is 1. The van der Waals surface area contributed by atoms with E-state index in [4.69, 9.17) is 9.15 Å². The third-order valence-electron chi connectivity index (χ3n) is 4.64. The number of fused-ring (bicyclic) bond motifs is 2. The summed E-state index contributed by atoms with van der Waals surface area (Å²) in [6, 6.07) is 14.9. The zero-order chi connectivity index (χ0) is 18.1. The quantitative estimate of drug-likeness (QED) is 0.666. The maximum Gasteiger partial charge on any atom is 0.338 e. The fourth-order valence-corrected chi connectivity index (χ4v) is 3.31. The number of nitrogens with zero attached hydrogens (tertiary/aromatic N) is 1. The molecule has 1 amide bonds. The number of anilines is 1. The number of benzene rings is 2. The smallest absolute Gasteiger partial charge is 0.338 e. The lowest BCUT2D eigenvalue weighted by Gasteiger charge is -2.16. The average Bonchev–Trinajstić information content (AvgIpc) is 3.28.